The fraction of sp³-hybridized carbons (Fsp3) is 0.0345. The average Bonchev–Trinajstić information content (AvgIpc) is 3.19. The SMILES string of the molecule is COc1cccc(C=C2Oc3cc(OC(=O)N(c4ccccc4)c4ccccc4)ccc3C2=O)c1. The van der Waals surface area contributed by atoms with E-state index in [-0.39, 0.29) is 17.3 Å². The van der Waals surface area contributed by atoms with Gasteiger partial charge in [-0.05, 0) is 60.2 Å². The number of nitrogens with zero attached hydrogens (tertiary/aromatic N) is 1. The molecule has 1 amide bonds. The molecule has 1 aliphatic heterocycles. The maximum Gasteiger partial charge on any atom is 0.424 e. The van der Waals surface area contributed by atoms with E-state index in [0.717, 1.165) is 5.56 Å². The first kappa shape index (κ1) is 22.0. The Kier molecular flexibility index (Phi) is 6.01. The predicted molar refractivity (Wildman–Crippen MR) is 133 cm³/mol. The van der Waals surface area contributed by atoms with Gasteiger partial charge in [0.05, 0.1) is 24.0 Å². The average molecular weight is 463 g/mol. The highest BCUT2D eigenvalue weighted by atomic mass is 16.6. The third-order valence-electron chi connectivity index (χ3n) is 5.45. The monoisotopic (exact) mass is 463 g/mol. The van der Waals surface area contributed by atoms with Crippen molar-refractivity contribution in [1.82, 2.24) is 0 Å². The smallest absolute Gasteiger partial charge is 0.424 e. The van der Waals surface area contributed by atoms with Gasteiger partial charge in [0.1, 0.15) is 17.2 Å². The molecule has 0 N–H and O–H groups in total. The molecule has 0 saturated carbocycles. The van der Waals surface area contributed by atoms with E-state index < -0.39 is 6.09 Å². The van der Waals surface area contributed by atoms with Gasteiger partial charge in [0.15, 0.2) is 5.76 Å². The zero-order valence-electron chi connectivity index (χ0n) is 18.9. The highest BCUT2D eigenvalue weighted by Gasteiger charge is 2.29. The molecule has 5 rings (SSSR count). The summed E-state index contributed by atoms with van der Waals surface area (Å²) in [6.45, 7) is 0. The maximum atomic E-state index is 13.2. The van der Waals surface area contributed by atoms with Crippen molar-refractivity contribution in [3.8, 4) is 17.2 Å². The van der Waals surface area contributed by atoms with Gasteiger partial charge in [-0.1, -0.05) is 48.5 Å². The fourth-order valence-corrected chi connectivity index (χ4v) is 3.77. The number of para-hydroxylation sites is 2. The van der Waals surface area contributed by atoms with E-state index in [4.69, 9.17) is 14.2 Å². The Labute approximate surface area is 202 Å². The Morgan fingerprint density at radius 2 is 1.49 bits per heavy atom. The number of carbonyl (C=O) groups excluding carboxylic acids is 2. The minimum Gasteiger partial charge on any atom is -0.497 e. The number of ether oxygens (including phenoxy) is 3. The molecule has 0 fully saturated rings. The van der Waals surface area contributed by atoms with Crippen molar-refractivity contribution < 1.29 is 23.8 Å². The Hall–Kier alpha value is -4.84. The van der Waals surface area contributed by atoms with Gasteiger partial charge in [-0.15, -0.1) is 0 Å². The molecule has 4 aromatic rings. The molecule has 1 aliphatic rings. The fourth-order valence-electron chi connectivity index (χ4n) is 3.77. The summed E-state index contributed by atoms with van der Waals surface area (Å²) in [4.78, 5) is 27.5. The first-order valence-corrected chi connectivity index (χ1v) is 11.0. The lowest BCUT2D eigenvalue weighted by Crippen LogP contribution is -2.29. The third kappa shape index (κ3) is 4.63. The molecular formula is C29H21NO5. The summed E-state index contributed by atoms with van der Waals surface area (Å²) in [6.07, 6.45) is 1.07. The molecule has 0 aliphatic carbocycles. The van der Waals surface area contributed by atoms with Gasteiger partial charge in [-0.25, -0.2) is 9.69 Å². The molecule has 6 heteroatoms. The lowest BCUT2D eigenvalue weighted by Gasteiger charge is -2.22. The summed E-state index contributed by atoms with van der Waals surface area (Å²) < 4.78 is 16.7. The second kappa shape index (κ2) is 9.57. The van der Waals surface area contributed by atoms with E-state index in [0.29, 0.717) is 28.4 Å². The summed E-state index contributed by atoms with van der Waals surface area (Å²) in [5, 5.41) is 0. The normalized spacial score (nSPS) is 13.2. The van der Waals surface area contributed by atoms with Crippen molar-refractivity contribution in [2.24, 2.45) is 0 Å². The molecule has 4 aromatic carbocycles. The highest BCUT2D eigenvalue weighted by Crippen LogP contribution is 2.36. The van der Waals surface area contributed by atoms with E-state index >= 15 is 0 Å². The Balaban J connectivity index is 1.39. The summed E-state index contributed by atoms with van der Waals surface area (Å²) in [5.41, 5.74) is 2.51. The van der Waals surface area contributed by atoms with Crippen molar-refractivity contribution in [3.05, 3.63) is 120 Å². The molecule has 172 valence electrons. The minimum absolute atomic E-state index is 0.187. The van der Waals surface area contributed by atoms with Gasteiger partial charge in [-0.2, -0.15) is 0 Å². The maximum absolute atomic E-state index is 13.2. The van der Waals surface area contributed by atoms with E-state index in [2.05, 4.69) is 0 Å². The highest BCUT2D eigenvalue weighted by molar-refractivity contribution is 6.14. The molecule has 0 unspecified atom stereocenters. The van der Waals surface area contributed by atoms with Crippen LogP contribution < -0.4 is 19.1 Å². The Morgan fingerprint density at radius 1 is 0.800 bits per heavy atom. The molecule has 0 bridgehead atoms. The lowest BCUT2D eigenvalue weighted by atomic mass is 10.1. The van der Waals surface area contributed by atoms with Crippen LogP contribution in [0.2, 0.25) is 0 Å². The molecular weight excluding hydrogens is 442 g/mol. The zero-order chi connectivity index (χ0) is 24.2. The van der Waals surface area contributed by atoms with Crippen LogP contribution in [0.1, 0.15) is 15.9 Å². The van der Waals surface area contributed by atoms with Crippen LogP contribution in [-0.2, 0) is 0 Å². The number of Topliss-reactive ketones (excluding diaryl/α,β-unsaturated/α-hetero) is 1. The standard InChI is InChI=1S/C29H21NO5/c1-33-23-14-8-9-20(17-23)18-27-28(31)25-16-15-24(19-26(25)35-27)34-29(32)30(21-10-4-2-5-11-21)22-12-6-3-7-13-22/h2-19H,1H3. The van der Waals surface area contributed by atoms with Crippen LogP contribution in [0, 0.1) is 0 Å². The van der Waals surface area contributed by atoms with Gasteiger partial charge < -0.3 is 14.2 Å². The number of ketones is 1. The van der Waals surface area contributed by atoms with Crippen molar-refractivity contribution in [2.45, 2.75) is 0 Å². The summed E-state index contributed by atoms with van der Waals surface area (Å²) in [7, 11) is 1.58. The van der Waals surface area contributed by atoms with Gasteiger partial charge in [0.25, 0.3) is 0 Å². The van der Waals surface area contributed by atoms with E-state index in [1.54, 1.807) is 31.4 Å². The van der Waals surface area contributed by atoms with Crippen molar-refractivity contribution in [2.75, 3.05) is 12.0 Å². The van der Waals surface area contributed by atoms with Crippen molar-refractivity contribution in [1.29, 1.82) is 0 Å². The first-order valence-electron chi connectivity index (χ1n) is 11.0. The zero-order valence-corrected chi connectivity index (χ0v) is 18.9. The van der Waals surface area contributed by atoms with Crippen LogP contribution in [-0.4, -0.2) is 19.0 Å². The van der Waals surface area contributed by atoms with Gasteiger partial charge >= 0.3 is 6.09 Å². The largest absolute Gasteiger partial charge is 0.497 e. The number of hydrogen-bond acceptors (Lipinski definition) is 5. The lowest BCUT2D eigenvalue weighted by molar-refractivity contribution is 0.101. The molecule has 0 saturated heterocycles. The van der Waals surface area contributed by atoms with Gasteiger partial charge in [-0.3, -0.25) is 4.79 Å². The number of benzene rings is 4. The molecule has 0 atom stereocenters. The van der Waals surface area contributed by atoms with Crippen LogP contribution >= 0.6 is 0 Å². The van der Waals surface area contributed by atoms with Crippen LogP contribution in [0.15, 0.2) is 109 Å². The van der Waals surface area contributed by atoms with Crippen LogP contribution in [0.4, 0.5) is 16.2 Å². The summed E-state index contributed by atoms with van der Waals surface area (Å²) >= 11 is 0. The number of amides is 1. The number of carbonyl (C=O) groups is 2. The molecule has 1 heterocycles. The van der Waals surface area contributed by atoms with Crippen LogP contribution in [0.3, 0.4) is 0 Å². The van der Waals surface area contributed by atoms with Crippen LogP contribution in [0.5, 0.6) is 17.2 Å². The number of fused-ring (bicyclic) bond motifs is 1. The minimum atomic E-state index is -0.584. The number of rotatable bonds is 5. The number of allylic oxidation sites excluding steroid dienone is 1. The number of anilines is 2. The molecule has 35 heavy (non-hydrogen) atoms. The quantitative estimate of drug-likeness (QED) is 0.310. The molecule has 0 radical (unpaired) electrons. The van der Waals surface area contributed by atoms with Gasteiger partial charge in [0.2, 0.25) is 5.78 Å². The predicted octanol–water partition coefficient (Wildman–Crippen LogP) is 6.65. The molecule has 6 nitrogen and oxygen atoms in total. The number of methoxy groups -OCH3 is 1. The van der Waals surface area contributed by atoms with Crippen molar-refractivity contribution >= 4 is 29.3 Å². The Morgan fingerprint density at radius 3 is 2.14 bits per heavy atom. The van der Waals surface area contributed by atoms with Crippen molar-refractivity contribution in [3.63, 3.8) is 0 Å². The third-order valence-corrected chi connectivity index (χ3v) is 5.45. The Bertz CT molecular complexity index is 1370. The topological polar surface area (TPSA) is 65.1 Å². The first-order chi connectivity index (χ1) is 17.1. The van der Waals surface area contributed by atoms with Gasteiger partial charge in [0, 0.05) is 6.07 Å². The molecule has 0 aromatic heterocycles. The second-order valence-electron chi connectivity index (χ2n) is 7.75. The summed E-state index contributed by atoms with van der Waals surface area (Å²) in [6, 6.07) is 30.5. The van der Waals surface area contributed by atoms with E-state index in [9.17, 15) is 9.59 Å². The summed E-state index contributed by atoms with van der Waals surface area (Å²) in [5.74, 6) is 1.22. The van der Waals surface area contributed by atoms with Crippen LogP contribution in [0.25, 0.3) is 6.08 Å². The second-order valence-corrected chi connectivity index (χ2v) is 7.75. The molecule has 0 spiro atoms. The van der Waals surface area contributed by atoms with E-state index in [1.807, 2.05) is 84.9 Å². The number of hydrogen-bond donors (Lipinski definition) is 0. The van der Waals surface area contributed by atoms with E-state index in [1.165, 1.54) is 4.90 Å².